The molecule has 0 bridgehead atoms. The van der Waals surface area contributed by atoms with E-state index in [4.69, 9.17) is 28.9 Å². The third-order valence-corrected chi connectivity index (χ3v) is 4.76. The van der Waals surface area contributed by atoms with Gasteiger partial charge in [0.25, 0.3) is 17.4 Å². The summed E-state index contributed by atoms with van der Waals surface area (Å²) >= 11 is 12.0. The van der Waals surface area contributed by atoms with E-state index in [0.29, 0.717) is 29.1 Å². The van der Waals surface area contributed by atoms with Crippen LogP contribution in [0.3, 0.4) is 0 Å². The molecular formula is C17H15Cl2N3O3. The van der Waals surface area contributed by atoms with Crippen LogP contribution in [0.25, 0.3) is 0 Å². The third-order valence-electron chi connectivity index (χ3n) is 4.20. The van der Waals surface area contributed by atoms with Crippen LogP contribution in [0.2, 0.25) is 10.0 Å². The SMILES string of the molecule is NC(=O)c1cc2c([nH]c1=O)CCCC2NC(=O)c1cc(Cl)ccc1Cl. The molecule has 0 radical (unpaired) electrons. The van der Waals surface area contributed by atoms with Gasteiger partial charge in [0.05, 0.1) is 16.6 Å². The molecule has 0 saturated heterocycles. The summed E-state index contributed by atoms with van der Waals surface area (Å²) in [5, 5.41) is 3.58. The van der Waals surface area contributed by atoms with Crippen molar-refractivity contribution in [1.29, 1.82) is 0 Å². The minimum Gasteiger partial charge on any atom is -0.365 e. The molecule has 1 atom stereocenters. The predicted molar refractivity (Wildman–Crippen MR) is 95.2 cm³/mol. The first kappa shape index (κ1) is 17.5. The molecule has 130 valence electrons. The highest BCUT2D eigenvalue weighted by atomic mass is 35.5. The van der Waals surface area contributed by atoms with E-state index in [0.717, 1.165) is 6.42 Å². The monoisotopic (exact) mass is 379 g/mol. The van der Waals surface area contributed by atoms with Crippen LogP contribution in [0.1, 0.15) is 50.9 Å². The molecule has 1 heterocycles. The lowest BCUT2D eigenvalue weighted by Crippen LogP contribution is -2.34. The number of halogens is 2. The van der Waals surface area contributed by atoms with Gasteiger partial charge in [-0.1, -0.05) is 23.2 Å². The number of H-pyrrole nitrogens is 1. The van der Waals surface area contributed by atoms with Gasteiger partial charge < -0.3 is 16.0 Å². The van der Waals surface area contributed by atoms with E-state index in [2.05, 4.69) is 10.3 Å². The van der Waals surface area contributed by atoms with Crippen LogP contribution in [-0.4, -0.2) is 16.8 Å². The fraction of sp³-hybridized carbons (Fsp3) is 0.235. The lowest BCUT2D eigenvalue weighted by molar-refractivity contribution is 0.0932. The van der Waals surface area contributed by atoms with Crippen molar-refractivity contribution in [3.63, 3.8) is 0 Å². The minimum absolute atomic E-state index is 0.124. The number of aromatic amines is 1. The number of fused-ring (bicyclic) bond motifs is 1. The van der Waals surface area contributed by atoms with Gasteiger partial charge in [-0.05, 0) is 49.1 Å². The second-order valence-corrected chi connectivity index (χ2v) is 6.70. The Balaban J connectivity index is 1.94. The molecule has 1 aromatic carbocycles. The van der Waals surface area contributed by atoms with E-state index in [9.17, 15) is 14.4 Å². The molecule has 8 heteroatoms. The highest BCUT2D eigenvalue weighted by Crippen LogP contribution is 2.29. The van der Waals surface area contributed by atoms with Crippen LogP contribution < -0.4 is 16.6 Å². The second kappa shape index (κ2) is 6.90. The average Bonchev–Trinajstić information content (AvgIpc) is 2.56. The number of amides is 2. The van der Waals surface area contributed by atoms with Crippen LogP contribution >= 0.6 is 23.2 Å². The van der Waals surface area contributed by atoms with Crippen LogP contribution in [0.4, 0.5) is 0 Å². The second-order valence-electron chi connectivity index (χ2n) is 5.85. The molecule has 0 fully saturated rings. The highest BCUT2D eigenvalue weighted by molar-refractivity contribution is 6.35. The Kier molecular flexibility index (Phi) is 4.83. The molecule has 2 aromatic rings. The summed E-state index contributed by atoms with van der Waals surface area (Å²) in [6.07, 6.45) is 2.11. The van der Waals surface area contributed by atoms with Crippen molar-refractivity contribution in [2.75, 3.05) is 0 Å². The van der Waals surface area contributed by atoms with Gasteiger partial charge in [-0.3, -0.25) is 14.4 Å². The maximum Gasteiger partial charge on any atom is 0.261 e. The van der Waals surface area contributed by atoms with E-state index in [1.165, 1.54) is 12.1 Å². The molecule has 1 aromatic heterocycles. The summed E-state index contributed by atoms with van der Waals surface area (Å²) in [4.78, 5) is 38.6. The zero-order chi connectivity index (χ0) is 18.1. The molecule has 1 aliphatic rings. The largest absolute Gasteiger partial charge is 0.365 e. The summed E-state index contributed by atoms with van der Waals surface area (Å²) < 4.78 is 0. The molecule has 2 amide bonds. The maximum atomic E-state index is 12.6. The Labute approximate surface area is 153 Å². The highest BCUT2D eigenvalue weighted by Gasteiger charge is 2.25. The molecule has 0 aliphatic heterocycles. The summed E-state index contributed by atoms with van der Waals surface area (Å²) in [5.41, 5.74) is 6.25. The number of primary amides is 1. The molecule has 0 saturated carbocycles. The number of carbonyl (C=O) groups excluding carboxylic acids is 2. The Morgan fingerprint density at radius 2 is 1.96 bits per heavy atom. The van der Waals surface area contributed by atoms with Gasteiger partial charge in [-0.25, -0.2) is 0 Å². The Morgan fingerprint density at radius 3 is 2.68 bits per heavy atom. The van der Waals surface area contributed by atoms with Gasteiger partial charge in [0, 0.05) is 10.7 Å². The lowest BCUT2D eigenvalue weighted by atomic mass is 9.90. The van der Waals surface area contributed by atoms with Crippen molar-refractivity contribution in [3.8, 4) is 0 Å². The van der Waals surface area contributed by atoms with Gasteiger partial charge >= 0.3 is 0 Å². The molecule has 1 unspecified atom stereocenters. The molecule has 4 N–H and O–H groups in total. The van der Waals surface area contributed by atoms with Crippen LogP contribution in [0, 0.1) is 0 Å². The number of benzene rings is 1. The van der Waals surface area contributed by atoms with Crippen LogP contribution in [0.15, 0.2) is 29.1 Å². The molecule has 0 spiro atoms. The van der Waals surface area contributed by atoms with Crippen LogP contribution in [-0.2, 0) is 6.42 Å². The predicted octanol–water partition coefficient (Wildman–Crippen LogP) is 2.59. The molecule has 3 rings (SSSR count). The van der Waals surface area contributed by atoms with Gasteiger partial charge in [0.1, 0.15) is 5.56 Å². The topological polar surface area (TPSA) is 105 Å². The first-order valence-electron chi connectivity index (χ1n) is 7.68. The normalized spacial score (nSPS) is 16.2. The molecule has 6 nitrogen and oxygen atoms in total. The van der Waals surface area contributed by atoms with Gasteiger partial charge in [-0.15, -0.1) is 0 Å². The first-order chi connectivity index (χ1) is 11.9. The number of hydrogen-bond acceptors (Lipinski definition) is 3. The quantitative estimate of drug-likeness (QED) is 0.762. The third kappa shape index (κ3) is 3.55. The van der Waals surface area contributed by atoms with Gasteiger partial charge in [0.15, 0.2) is 0 Å². The number of pyridine rings is 1. The summed E-state index contributed by atoms with van der Waals surface area (Å²) in [7, 11) is 0. The number of nitrogens with one attached hydrogen (secondary N) is 2. The van der Waals surface area contributed by atoms with Crippen molar-refractivity contribution < 1.29 is 9.59 Å². The molecule has 1 aliphatic carbocycles. The standard InChI is InChI=1S/C17H15Cl2N3O3/c18-8-4-5-12(19)9(6-8)16(24)21-13-2-1-3-14-10(13)7-11(15(20)23)17(25)22-14/h4-7,13H,1-3H2,(H2,20,23)(H,21,24)(H,22,25). The van der Waals surface area contributed by atoms with E-state index in [-0.39, 0.29) is 28.1 Å². The Hall–Kier alpha value is -2.31. The molecule has 25 heavy (non-hydrogen) atoms. The maximum absolute atomic E-state index is 12.6. The van der Waals surface area contributed by atoms with Crippen molar-refractivity contribution >= 4 is 35.0 Å². The minimum atomic E-state index is -0.808. The Morgan fingerprint density at radius 1 is 1.20 bits per heavy atom. The average molecular weight is 380 g/mol. The number of rotatable bonds is 3. The number of aryl methyl sites for hydroxylation is 1. The fourth-order valence-electron chi connectivity index (χ4n) is 2.98. The summed E-state index contributed by atoms with van der Waals surface area (Å²) in [6, 6.07) is 5.74. The van der Waals surface area contributed by atoms with Gasteiger partial charge in [-0.2, -0.15) is 0 Å². The van der Waals surface area contributed by atoms with Crippen molar-refractivity contribution in [1.82, 2.24) is 10.3 Å². The van der Waals surface area contributed by atoms with E-state index >= 15 is 0 Å². The van der Waals surface area contributed by atoms with Crippen molar-refractivity contribution in [2.24, 2.45) is 5.73 Å². The lowest BCUT2D eigenvalue weighted by Gasteiger charge is -2.26. The molecular weight excluding hydrogens is 365 g/mol. The number of hydrogen-bond donors (Lipinski definition) is 3. The zero-order valence-electron chi connectivity index (χ0n) is 13.1. The van der Waals surface area contributed by atoms with E-state index in [1.54, 1.807) is 12.1 Å². The first-order valence-corrected chi connectivity index (χ1v) is 8.44. The van der Waals surface area contributed by atoms with Crippen molar-refractivity contribution in [2.45, 2.75) is 25.3 Å². The smallest absolute Gasteiger partial charge is 0.261 e. The number of nitrogens with two attached hydrogens (primary N) is 1. The van der Waals surface area contributed by atoms with Crippen LogP contribution in [0.5, 0.6) is 0 Å². The van der Waals surface area contributed by atoms with Crippen molar-refractivity contribution in [3.05, 3.63) is 67.0 Å². The van der Waals surface area contributed by atoms with Gasteiger partial charge in [0.2, 0.25) is 0 Å². The number of aromatic nitrogens is 1. The zero-order valence-corrected chi connectivity index (χ0v) is 14.6. The fourth-order valence-corrected chi connectivity index (χ4v) is 3.36. The Bertz CT molecular complexity index is 924. The summed E-state index contributed by atoms with van der Waals surface area (Å²) in [5.74, 6) is -1.19. The summed E-state index contributed by atoms with van der Waals surface area (Å²) in [6.45, 7) is 0. The van der Waals surface area contributed by atoms with E-state index < -0.39 is 11.5 Å². The van der Waals surface area contributed by atoms with E-state index in [1.807, 2.05) is 0 Å². The number of carbonyl (C=O) groups is 2.